The van der Waals surface area contributed by atoms with Gasteiger partial charge >= 0.3 is 0 Å². The van der Waals surface area contributed by atoms with Crippen LogP contribution in [0.4, 0.5) is 0 Å². The molecule has 0 unspecified atom stereocenters. The molecule has 0 atom stereocenters. The number of thiophene rings is 1. The number of hydrogen-bond acceptors (Lipinski definition) is 2. The molecule has 0 radical (unpaired) electrons. The van der Waals surface area contributed by atoms with Gasteiger partial charge in [0.1, 0.15) is 0 Å². The highest BCUT2D eigenvalue weighted by atomic mass is 32.1. The minimum absolute atomic E-state index is 0.110. The van der Waals surface area contributed by atoms with Crippen molar-refractivity contribution in [1.29, 1.82) is 0 Å². The van der Waals surface area contributed by atoms with Gasteiger partial charge in [-0.15, -0.1) is 11.3 Å². The van der Waals surface area contributed by atoms with Crippen LogP contribution in [0, 0.1) is 5.92 Å². The van der Waals surface area contributed by atoms with E-state index in [9.17, 15) is 4.79 Å². The van der Waals surface area contributed by atoms with Crippen LogP contribution in [0.1, 0.15) is 48.2 Å². The summed E-state index contributed by atoms with van der Waals surface area (Å²) in [5.74, 6) is 0.897. The van der Waals surface area contributed by atoms with Gasteiger partial charge in [-0.3, -0.25) is 4.79 Å². The third-order valence-electron chi connectivity index (χ3n) is 1.96. The molecule has 0 spiro atoms. The zero-order valence-corrected chi connectivity index (χ0v) is 9.44. The molecule has 0 aliphatic rings. The lowest BCUT2D eigenvalue weighted by molar-refractivity contribution is 0.0943. The SMILES string of the molecule is CC(C)C(=O)c1ccc(C(C)C)s1. The molecule has 0 aliphatic carbocycles. The zero-order chi connectivity index (χ0) is 10.0. The van der Waals surface area contributed by atoms with Crippen LogP contribution in [0.5, 0.6) is 0 Å². The minimum atomic E-state index is 0.110. The fourth-order valence-electron chi connectivity index (χ4n) is 1.08. The summed E-state index contributed by atoms with van der Waals surface area (Å²) in [7, 11) is 0. The largest absolute Gasteiger partial charge is 0.293 e. The standard InChI is InChI=1S/C11H16OS/c1-7(2)9-5-6-10(13-9)11(12)8(3)4/h5-8H,1-4H3. The van der Waals surface area contributed by atoms with Gasteiger partial charge in [0.2, 0.25) is 0 Å². The van der Waals surface area contributed by atoms with E-state index in [1.807, 2.05) is 19.9 Å². The summed E-state index contributed by atoms with van der Waals surface area (Å²) in [4.78, 5) is 13.8. The monoisotopic (exact) mass is 196 g/mol. The van der Waals surface area contributed by atoms with E-state index < -0.39 is 0 Å². The first kappa shape index (κ1) is 10.5. The van der Waals surface area contributed by atoms with Crippen molar-refractivity contribution in [3.05, 3.63) is 21.9 Å². The van der Waals surface area contributed by atoms with E-state index in [-0.39, 0.29) is 11.7 Å². The van der Waals surface area contributed by atoms with Gasteiger partial charge in [-0.2, -0.15) is 0 Å². The van der Waals surface area contributed by atoms with Gasteiger partial charge in [0.25, 0.3) is 0 Å². The predicted molar refractivity (Wildman–Crippen MR) is 57.6 cm³/mol. The Morgan fingerprint density at radius 2 is 1.85 bits per heavy atom. The van der Waals surface area contributed by atoms with Gasteiger partial charge in [0, 0.05) is 10.8 Å². The Hall–Kier alpha value is -0.630. The average molecular weight is 196 g/mol. The van der Waals surface area contributed by atoms with E-state index in [0.717, 1.165) is 4.88 Å². The van der Waals surface area contributed by atoms with Crippen LogP contribution >= 0.6 is 11.3 Å². The fraction of sp³-hybridized carbons (Fsp3) is 0.545. The molecule has 13 heavy (non-hydrogen) atoms. The molecule has 1 aromatic rings. The third-order valence-corrected chi connectivity index (χ3v) is 3.36. The first-order chi connectivity index (χ1) is 6.02. The molecule has 0 N–H and O–H groups in total. The van der Waals surface area contributed by atoms with Crippen molar-refractivity contribution in [2.24, 2.45) is 5.92 Å². The molecule has 0 aliphatic heterocycles. The van der Waals surface area contributed by atoms with Crippen LogP contribution in [-0.4, -0.2) is 5.78 Å². The molecule has 0 saturated carbocycles. The Kier molecular flexibility index (Phi) is 3.26. The average Bonchev–Trinajstić information content (AvgIpc) is 2.50. The number of ketones is 1. The van der Waals surface area contributed by atoms with Crippen molar-refractivity contribution in [3.63, 3.8) is 0 Å². The van der Waals surface area contributed by atoms with Gasteiger partial charge in [-0.05, 0) is 18.1 Å². The molecule has 1 heterocycles. The van der Waals surface area contributed by atoms with Crippen molar-refractivity contribution < 1.29 is 4.79 Å². The second-order valence-corrected chi connectivity index (χ2v) is 4.99. The smallest absolute Gasteiger partial charge is 0.175 e. The summed E-state index contributed by atoms with van der Waals surface area (Å²) in [6.45, 7) is 8.18. The highest BCUT2D eigenvalue weighted by Crippen LogP contribution is 2.25. The second kappa shape index (κ2) is 4.05. The zero-order valence-electron chi connectivity index (χ0n) is 8.63. The number of rotatable bonds is 3. The molecule has 72 valence electrons. The van der Waals surface area contributed by atoms with Gasteiger partial charge in [-0.25, -0.2) is 0 Å². The predicted octanol–water partition coefficient (Wildman–Crippen LogP) is 3.71. The van der Waals surface area contributed by atoms with Crippen molar-refractivity contribution >= 4 is 17.1 Å². The highest BCUT2D eigenvalue weighted by Gasteiger charge is 2.13. The molecular formula is C11H16OS. The van der Waals surface area contributed by atoms with Gasteiger partial charge in [-0.1, -0.05) is 27.7 Å². The van der Waals surface area contributed by atoms with E-state index in [2.05, 4.69) is 19.9 Å². The summed E-state index contributed by atoms with van der Waals surface area (Å²) in [5.41, 5.74) is 0. The Morgan fingerprint density at radius 1 is 1.23 bits per heavy atom. The molecular weight excluding hydrogens is 180 g/mol. The maximum absolute atomic E-state index is 11.6. The van der Waals surface area contributed by atoms with E-state index in [1.165, 1.54) is 4.88 Å². The summed E-state index contributed by atoms with van der Waals surface area (Å²) in [6.07, 6.45) is 0. The van der Waals surface area contributed by atoms with Gasteiger partial charge in [0.15, 0.2) is 5.78 Å². The molecule has 0 aromatic carbocycles. The number of Topliss-reactive ketones (excluding diaryl/α,β-unsaturated/α-hetero) is 1. The lowest BCUT2D eigenvalue weighted by atomic mass is 10.1. The third kappa shape index (κ3) is 2.41. The maximum atomic E-state index is 11.6. The topological polar surface area (TPSA) is 17.1 Å². The first-order valence-electron chi connectivity index (χ1n) is 4.66. The summed E-state index contributed by atoms with van der Waals surface area (Å²) < 4.78 is 0. The molecule has 1 rings (SSSR count). The van der Waals surface area contributed by atoms with E-state index in [4.69, 9.17) is 0 Å². The quantitative estimate of drug-likeness (QED) is 0.673. The summed E-state index contributed by atoms with van der Waals surface area (Å²) in [5, 5.41) is 0. The molecule has 0 amide bonds. The maximum Gasteiger partial charge on any atom is 0.175 e. The molecule has 0 saturated heterocycles. The van der Waals surface area contributed by atoms with E-state index >= 15 is 0 Å². The van der Waals surface area contributed by atoms with E-state index in [0.29, 0.717) is 5.92 Å². The van der Waals surface area contributed by atoms with Gasteiger partial charge in [0.05, 0.1) is 4.88 Å². The number of carbonyl (C=O) groups excluding carboxylic acids is 1. The Morgan fingerprint density at radius 3 is 2.23 bits per heavy atom. The summed E-state index contributed by atoms with van der Waals surface area (Å²) in [6, 6.07) is 4.01. The van der Waals surface area contributed by atoms with Crippen LogP contribution in [-0.2, 0) is 0 Å². The lowest BCUT2D eigenvalue weighted by Crippen LogP contribution is -2.04. The molecule has 2 heteroatoms. The van der Waals surface area contributed by atoms with Crippen LogP contribution in [0.25, 0.3) is 0 Å². The molecule has 1 nitrogen and oxygen atoms in total. The van der Waals surface area contributed by atoms with Crippen molar-refractivity contribution in [3.8, 4) is 0 Å². The minimum Gasteiger partial charge on any atom is -0.293 e. The number of hydrogen-bond donors (Lipinski definition) is 0. The van der Waals surface area contributed by atoms with Crippen LogP contribution < -0.4 is 0 Å². The van der Waals surface area contributed by atoms with Crippen LogP contribution in [0.3, 0.4) is 0 Å². The van der Waals surface area contributed by atoms with Crippen molar-refractivity contribution in [2.75, 3.05) is 0 Å². The van der Waals surface area contributed by atoms with Gasteiger partial charge < -0.3 is 0 Å². The van der Waals surface area contributed by atoms with Crippen LogP contribution in [0.15, 0.2) is 12.1 Å². The van der Waals surface area contributed by atoms with E-state index in [1.54, 1.807) is 11.3 Å². The lowest BCUT2D eigenvalue weighted by Gasteiger charge is -2.00. The highest BCUT2D eigenvalue weighted by molar-refractivity contribution is 7.14. The Balaban J connectivity index is 2.86. The number of carbonyl (C=O) groups is 1. The molecule has 0 fully saturated rings. The molecule has 0 bridgehead atoms. The second-order valence-electron chi connectivity index (χ2n) is 3.88. The molecule has 1 aromatic heterocycles. The van der Waals surface area contributed by atoms with Crippen molar-refractivity contribution in [1.82, 2.24) is 0 Å². The van der Waals surface area contributed by atoms with Crippen molar-refractivity contribution in [2.45, 2.75) is 33.6 Å². The first-order valence-corrected chi connectivity index (χ1v) is 5.48. The Labute approximate surface area is 83.8 Å². The normalized spacial score (nSPS) is 11.2. The fourth-order valence-corrected chi connectivity index (χ4v) is 2.18. The van der Waals surface area contributed by atoms with Crippen LogP contribution in [0.2, 0.25) is 0 Å². The summed E-state index contributed by atoms with van der Waals surface area (Å²) >= 11 is 1.63. The Bertz CT molecular complexity index is 297.